The molecule has 2 aromatic rings. The van der Waals surface area contributed by atoms with Crippen LogP contribution in [0.15, 0.2) is 58.4 Å². The van der Waals surface area contributed by atoms with Crippen LogP contribution in [0.1, 0.15) is 80.0 Å². The quantitative estimate of drug-likeness (QED) is 0.126. The Hall–Kier alpha value is -4.02. The highest BCUT2D eigenvalue weighted by molar-refractivity contribution is 5.87. The van der Waals surface area contributed by atoms with Gasteiger partial charge in [0.1, 0.15) is 42.5 Å². The number of nitrogens with one attached hydrogen (secondary N) is 1. The van der Waals surface area contributed by atoms with Crippen LogP contribution in [-0.4, -0.2) is 62.5 Å². The molecule has 0 aliphatic carbocycles. The van der Waals surface area contributed by atoms with E-state index in [0.29, 0.717) is 30.5 Å². The average Bonchev–Trinajstić information content (AvgIpc) is 3.58. The molecular weight excluding hydrogens is 588 g/mol. The first-order chi connectivity index (χ1) is 22.0. The van der Waals surface area contributed by atoms with Gasteiger partial charge in [0.2, 0.25) is 6.23 Å². The molecule has 3 heterocycles. The van der Waals surface area contributed by atoms with Crippen molar-refractivity contribution in [3.63, 3.8) is 0 Å². The van der Waals surface area contributed by atoms with Crippen LogP contribution < -0.4 is 21.1 Å². The Morgan fingerprint density at radius 1 is 1.15 bits per heavy atom. The number of hydrogen-bond donors (Lipinski definition) is 8. The lowest BCUT2D eigenvalue weighted by molar-refractivity contribution is -0.885. The maximum atomic E-state index is 12.6. The highest BCUT2D eigenvalue weighted by Crippen LogP contribution is 2.35. The van der Waals surface area contributed by atoms with E-state index in [4.69, 9.17) is 16.2 Å². The van der Waals surface area contributed by atoms with Crippen LogP contribution in [0.3, 0.4) is 0 Å². The third-order valence-electron chi connectivity index (χ3n) is 8.66. The lowest BCUT2D eigenvalue weighted by Crippen LogP contribution is -3.11. The third-order valence-corrected chi connectivity index (χ3v) is 8.66. The maximum Gasteiger partial charge on any atom is 0.247 e. The average molecular weight is 632 g/mol. The number of rotatable bonds is 12. The number of nitrogens with two attached hydrogens (primary N) is 2. The summed E-state index contributed by atoms with van der Waals surface area (Å²) in [5.41, 5.74) is 17.4. The zero-order chi connectivity index (χ0) is 33.0. The van der Waals surface area contributed by atoms with Gasteiger partial charge in [0.15, 0.2) is 11.5 Å². The number of aliphatic imine (C=N–C) groups is 1. The number of carbonyl (C=O) groups is 1. The number of carbonyl (C=O) groups excluding carboxylic acids is 1. The Bertz CT molecular complexity index is 1620. The molecule has 0 amide bonds. The van der Waals surface area contributed by atoms with Gasteiger partial charge in [-0.2, -0.15) is 0 Å². The van der Waals surface area contributed by atoms with Gasteiger partial charge in [-0.1, -0.05) is 43.4 Å². The molecule has 11 nitrogen and oxygen atoms in total. The van der Waals surface area contributed by atoms with Crippen LogP contribution in [0, 0.1) is 11.8 Å². The number of aliphatic hydroxyl groups is 3. The van der Waals surface area contributed by atoms with Crippen molar-refractivity contribution in [1.82, 2.24) is 0 Å². The number of quaternary nitrogens is 1. The molecule has 0 saturated heterocycles. The van der Waals surface area contributed by atoms with Crippen LogP contribution in [-0.2, 0) is 17.6 Å². The van der Waals surface area contributed by atoms with E-state index in [1.165, 1.54) is 12.1 Å². The second-order valence-electron chi connectivity index (χ2n) is 12.3. The zero-order valence-corrected chi connectivity index (χ0v) is 25.9. The van der Waals surface area contributed by atoms with Crippen LogP contribution in [0.25, 0.3) is 0 Å². The molecule has 0 radical (unpaired) electrons. The van der Waals surface area contributed by atoms with Crippen molar-refractivity contribution in [3.8, 4) is 29.1 Å². The number of fused-ring (bicyclic) bond motifs is 2. The molecule has 0 aromatic heterocycles. The fourth-order valence-corrected chi connectivity index (χ4v) is 6.15. The minimum Gasteiger partial charge on any atom is -0.508 e. The molecule has 3 aliphatic heterocycles. The predicted octanol–water partition coefficient (Wildman–Crippen LogP) is 1.33. The number of benzene rings is 2. The molecular formula is C35H43N4O7+. The first-order valence-corrected chi connectivity index (χ1v) is 15.8. The Morgan fingerprint density at radius 3 is 2.72 bits per heavy atom. The number of phenolic OH excluding ortho intramolecular Hbond substituents is 2. The van der Waals surface area contributed by atoms with Gasteiger partial charge in [-0.15, -0.1) is 0 Å². The van der Waals surface area contributed by atoms with E-state index in [1.54, 1.807) is 12.1 Å². The molecule has 5 atom stereocenters. The second-order valence-corrected chi connectivity index (χ2v) is 12.3. The Labute approximate surface area is 268 Å². The smallest absolute Gasteiger partial charge is 0.247 e. The summed E-state index contributed by atoms with van der Waals surface area (Å²) in [5, 5.41) is 52.4. The third kappa shape index (κ3) is 7.85. The molecule has 2 bridgehead atoms. The Balaban J connectivity index is 1.34. The predicted molar refractivity (Wildman–Crippen MR) is 172 cm³/mol. The van der Waals surface area contributed by atoms with Crippen LogP contribution in [0.4, 0.5) is 0 Å². The van der Waals surface area contributed by atoms with Crippen LogP contribution in [0.2, 0.25) is 0 Å². The van der Waals surface area contributed by atoms with E-state index >= 15 is 0 Å². The molecule has 3 aliphatic rings. The normalized spacial score (nSPS) is 21.5. The molecule has 11 heteroatoms. The molecule has 0 fully saturated rings. The van der Waals surface area contributed by atoms with Crippen molar-refractivity contribution in [1.29, 1.82) is 0 Å². The minimum absolute atomic E-state index is 0.0596. The molecule has 0 saturated carbocycles. The number of phenols is 2. The SMILES string of the molecule is CCCC(O)CC(O)CC(=O)CCc1cc(OC2CC#CC(O)c3ccc(C(N)N)cc3CC3=C4C[NH+]2C=C4N=C3)c(O)cc1O. The van der Waals surface area contributed by atoms with E-state index in [9.17, 15) is 30.3 Å². The van der Waals surface area contributed by atoms with E-state index in [-0.39, 0.29) is 55.1 Å². The highest BCUT2D eigenvalue weighted by Gasteiger charge is 2.35. The van der Waals surface area contributed by atoms with Crippen molar-refractivity contribution in [2.75, 3.05) is 6.54 Å². The maximum absolute atomic E-state index is 12.6. The number of ether oxygens (including phenoxy) is 1. The molecule has 46 heavy (non-hydrogen) atoms. The van der Waals surface area contributed by atoms with Crippen LogP contribution >= 0.6 is 0 Å². The van der Waals surface area contributed by atoms with E-state index in [2.05, 4.69) is 16.8 Å². The van der Waals surface area contributed by atoms with Gasteiger partial charge >= 0.3 is 0 Å². The largest absolute Gasteiger partial charge is 0.508 e. The zero-order valence-electron chi connectivity index (χ0n) is 25.9. The van der Waals surface area contributed by atoms with Gasteiger partial charge < -0.3 is 41.7 Å². The summed E-state index contributed by atoms with van der Waals surface area (Å²) in [4.78, 5) is 18.1. The first-order valence-electron chi connectivity index (χ1n) is 15.8. The first kappa shape index (κ1) is 33.3. The number of aryl methyl sites for hydroxylation is 1. The number of aromatic hydroxyl groups is 2. The lowest BCUT2D eigenvalue weighted by atomic mass is 9.92. The highest BCUT2D eigenvalue weighted by atomic mass is 16.5. The van der Waals surface area contributed by atoms with Crippen molar-refractivity contribution in [3.05, 3.63) is 75.6 Å². The molecule has 244 valence electrons. The fraction of sp³-hybridized carbons (Fsp3) is 0.429. The summed E-state index contributed by atoms with van der Waals surface area (Å²) in [5.74, 6) is 5.47. The van der Waals surface area contributed by atoms with Crippen LogP contribution in [0.5, 0.6) is 17.2 Å². The number of nitrogens with zero attached hydrogens (tertiary/aromatic N) is 1. The van der Waals surface area contributed by atoms with Gasteiger partial charge in [0, 0.05) is 30.7 Å². The van der Waals surface area contributed by atoms with Crippen molar-refractivity contribution in [2.45, 2.75) is 89.0 Å². The van der Waals surface area contributed by atoms with Gasteiger partial charge in [-0.3, -0.25) is 14.7 Å². The topological polar surface area (TPSA) is 196 Å². The van der Waals surface area contributed by atoms with Crippen molar-refractivity contribution >= 4 is 12.0 Å². The number of aliphatic hydroxyl groups excluding tert-OH is 3. The second kappa shape index (κ2) is 14.6. The summed E-state index contributed by atoms with van der Waals surface area (Å²) in [6.45, 7) is 2.51. The minimum atomic E-state index is -1.06. The summed E-state index contributed by atoms with van der Waals surface area (Å²) in [6.07, 6.45) is 2.26. The van der Waals surface area contributed by atoms with Crippen molar-refractivity contribution in [2.24, 2.45) is 16.5 Å². The monoisotopic (exact) mass is 631 g/mol. The van der Waals surface area contributed by atoms with Gasteiger partial charge in [-0.25, -0.2) is 0 Å². The number of hydrogen-bond acceptors (Lipinski definition) is 10. The number of Topliss-reactive ketones (excluding diaryl/α,β-unsaturated/α-hetero) is 1. The molecule has 5 unspecified atom stereocenters. The summed E-state index contributed by atoms with van der Waals surface area (Å²) < 4.78 is 6.33. The summed E-state index contributed by atoms with van der Waals surface area (Å²) in [7, 11) is 0. The standard InChI is InChI=1S/C35H42N4O7/c1-2-4-24(40)14-26(42)15-25(41)9-7-20-13-33(32(45)16-31(20)44)46-34-6-3-5-30(43)27-10-8-21(35(36)37)11-22(27)12-23-17-38-29-19-39(34)18-28(23)29/h8,10-11,13,16-17,19,24,26,30,34-35,40,42-45H,2,4,6-7,9,12,14-15,18,36-37H2,1H3/p+1. The summed E-state index contributed by atoms with van der Waals surface area (Å²) >= 11 is 0. The van der Waals surface area contributed by atoms with E-state index < -0.39 is 30.7 Å². The lowest BCUT2D eigenvalue weighted by Gasteiger charge is -2.23. The van der Waals surface area contributed by atoms with Gasteiger partial charge in [0.25, 0.3) is 0 Å². The molecule has 10 N–H and O–H groups in total. The van der Waals surface area contributed by atoms with Gasteiger partial charge in [0.05, 0.1) is 18.4 Å². The number of ketones is 1. The number of allylic oxidation sites excluding steroid dienone is 1. The molecule has 0 spiro atoms. The molecule has 5 rings (SSSR count). The van der Waals surface area contributed by atoms with Crippen molar-refractivity contribution < 1.29 is 40.0 Å². The molecule has 2 aromatic carbocycles. The Morgan fingerprint density at radius 2 is 1.96 bits per heavy atom. The van der Waals surface area contributed by atoms with E-state index in [0.717, 1.165) is 39.3 Å². The van der Waals surface area contributed by atoms with E-state index in [1.807, 2.05) is 25.4 Å². The summed E-state index contributed by atoms with van der Waals surface area (Å²) in [6, 6.07) is 8.20. The fourth-order valence-electron chi connectivity index (χ4n) is 6.15. The van der Waals surface area contributed by atoms with Gasteiger partial charge in [-0.05, 0) is 59.6 Å². The Kier molecular flexibility index (Phi) is 10.6.